The number of pyridine rings is 1. The van der Waals surface area contributed by atoms with Crippen LogP contribution in [0.25, 0.3) is 33.5 Å². The molecule has 2 aliphatic rings. The summed E-state index contributed by atoms with van der Waals surface area (Å²) in [5.74, 6) is -1.90. The summed E-state index contributed by atoms with van der Waals surface area (Å²) in [7, 11) is 0. The molecule has 0 bridgehead atoms. The fraction of sp³-hybridized carbons (Fsp3) is 0.207. The van der Waals surface area contributed by atoms with Gasteiger partial charge in [0.1, 0.15) is 11.6 Å². The van der Waals surface area contributed by atoms with E-state index in [0.29, 0.717) is 67.1 Å². The van der Waals surface area contributed by atoms with E-state index in [-0.39, 0.29) is 13.2 Å². The Labute approximate surface area is 207 Å². The van der Waals surface area contributed by atoms with Crippen molar-refractivity contribution in [2.45, 2.75) is 27.7 Å². The van der Waals surface area contributed by atoms with Crippen molar-refractivity contribution in [3.63, 3.8) is 0 Å². The Kier molecular flexibility index (Phi) is 5.79. The molecule has 5 nitrogen and oxygen atoms in total. The Morgan fingerprint density at radius 1 is 0.667 bits per heavy atom. The lowest BCUT2D eigenvalue weighted by molar-refractivity contribution is -0.139. The van der Waals surface area contributed by atoms with E-state index in [0.717, 1.165) is 0 Å². The van der Waals surface area contributed by atoms with Crippen LogP contribution in [0.4, 0.5) is 8.78 Å². The molecule has 0 radical (unpaired) electrons. The fourth-order valence-electron chi connectivity index (χ4n) is 4.93. The summed E-state index contributed by atoms with van der Waals surface area (Å²) in [6, 6.07) is 10.6. The molecule has 2 aliphatic carbocycles. The van der Waals surface area contributed by atoms with Crippen molar-refractivity contribution in [1.29, 1.82) is 0 Å². The predicted octanol–water partition coefficient (Wildman–Crippen LogP) is 6.09. The summed E-state index contributed by atoms with van der Waals surface area (Å²) in [6.45, 7) is 7.11. The Bertz CT molecular complexity index is 1420. The number of aromatic nitrogens is 1. The molecule has 1 aromatic heterocycles. The molecule has 0 saturated heterocycles. The van der Waals surface area contributed by atoms with Crippen LogP contribution < -0.4 is 0 Å². The number of carbonyl (C=O) groups is 2. The lowest BCUT2D eigenvalue weighted by atomic mass is 9.97. The van der Waals surface area contributed by atoms with Crippen molar-refractivity contribution >= 4 is 23.1 Å². The van der Waals surface area contributed by atoms with Gasteiger partial charge < -0.3 is 9.47 Å². The van der Waals surface area contributed by atoms with E-state index in [9.17, 15) is 18.4 Å². The third-order valence-electron chi connectivity index (χ3n) is 6.49. The SMILES string of the molecule is CCOC(=O)/C(C)=C1/c2cc(F)ccc2-c2nc3c(cc21)-c1ccc(F)cc1/C3=C(/C)C(=O)OCC. The van der Waals surface area contributed by atoms with Gasteiger partial charge in [0.25, 0.3) is 0 Å². The second kappa shape index (κ2) is 8.82. The van der Waals surface area contributed by atoms with Gasteiger partial charge in [0.05, 0.1) is 24.6 Å². The van der Waals surface area contributed by atoms with Crippen molar-refractivity contribution in [2.24, 2.45) is 0 Å². The lowest BCUT2D eigenvalue weighted by Crippen LogP contribution is -2.08. The Balaban J connectivity index is 1.84. The highest BCUT2D eigenvalue weighted by molar-refractivity contribution is 6.13. The molecule has 0 fully saturated rings. The molecule has 182 valence electrons. The van der Waals surface area contributed by atoms with Gasteiger partial charge in [-0.1, -0.05) is 6.07 Å². The summed E-state index contributed by atoms with van der Waals surface area (Å²) >= 11 is 0. The van der Waals surface area contributed by atoms with E-state index in [2.05, 4.69) is 0 Å². The van der Waals surface area contributed by atoms with Gasteiger partial charge in [0, 0.05) is 39.0 Å². The number of hydrogen-bond donors (Lipinski definition) is 0. The zero-order chi connectivity index (χ0) is 25.7. The topological polar surface area (TPSA) is 65.5 Å². The van der Waals surface area contributed by atoms with Gasteiger partial charge in [-0.25, -0.2) is 23.4 Å². The minimum atomic E-state index is -0.515. The van der Waals surface area contributed by atoms with Crippen LogP contribution >= 0.6 is 0 Å². The summed E-state index contributed by atoms with van der Waals surface area (Å²) in [5, 5.41) is 0. The third kappa shape index (κ3) is 3.54. The molecule has 0 spiro atoms. The van der Waals surface area contributed by atoms with Crippen LogP contribution in [-0.4, -0.2) is 30.1 Å². The molecule has 5 rings (SSSR count). The van der Waals surface area contributed by atoms with Gasteiger partial charge >= 0.3 is 11.9 Å². The molecule has 0 saturated carbocycles. The van der Waals surface area contributed by atoms with E-state index in [1.54, 1.807) is 39.8 Å². The van der Waals surface area contributed by atoms with Crippen molar-refractivity contribution in [3.8, 4) is 22.4 Å². The fourth-order valence-corrected chi connectivity index (χ4v) is 4.93. The number of fused-ring (bicyclic) bond motifs is 6. The highest BCUT2D eigenvalue weighted by atomic mass is 19.1. The minimum absolute atomic E-state index is 0.199. The second-order valence-electron chi connectivity index (χ2n) is 8.60. The number of benzene rings is 2. The first kappa shape index (κ1) is 23.6. The van der Waals surface area contributed by atoms with Crippen molar-refractivity contribution < 1.29 is 27.8 Å². The van der Waals surface area contributed by atoms with Gasteiger partial charge in [-0.05, 0) is 80.8 Å². The van der Waals surface area contributed by atoms with Crippen LogP contribution in [0.3, 0.4) is 0 Å². The van der Waals surface area contributed by atoms with Gasteiger partial charge in [-0.15, -0.1) is 0 Å². The van der Waals surface area contributed by atoms with Gasteiger partial charge in [-0.2, -0.15) is 0 Å². The number of esters is 2. The number of nitrogens with zero attached hydrogens (tertiary/aromatic N) is 1. The smallest absolute Gasteiger partial charge is 0.334 e. The summed E-state index contributed by atoms with van der Waals surface area (Å²) in [4.78, 5) is 30.3. The molecule has 1 heterocycles. The van der Waals surface area contributed by atoms with E-state index in [1.807, 2.05) is 6.07 Å². The Morgan fingerprint density at radius 2 is 1.19 bits per heavy atom. The molecule has 2 aromatic carbocycles. The Morgan fingerprint density at radius 3 is 1.78 bits per heavy atom. The van der Waals surface area contributed by atoms with Crippen LogP contribution in [0.1, 0.15) is 50.1 Å². The summed E-state index contributed by atoms with van der Waals surface area (Å²) in [5.41, 5.74) is 6.49. The molecule has 3 aromatic rings. The standard InChI is InChI=1S/C29H23F2NO4/c1-5-35-28(33)14(3)24-21-12-17(31)8-10-19(21)26-23(24)13-22-18-9-7-16(30)11-20(18)25(27(22)32-26)15(4)29(34)36-6-2/h7-13H,5-6H2,1-4H3/b24-14-,25-15+. The quantitative estimate of drug-likeness (QED) is 0.227. The number of rotatable bonds is 4. The normalized spacial score (nSPS) is 15.5. The third-order valence-corrected chi connectivity index (χ3v) is 6.49. The van der Waals surface area contributed by atoms with Gasteiger partial charge in [0.2, 0.25) is 0 Å². The average Bonchev–Trinajstić information content (AvgIpc) is 3.32. The number of hydrogen-bond acceptors (Lipinski definition) is 5. The van der Waals surface area contributed by atoms with E-state index >= 15 is 0 Å². The maximum atomic E-state index is 14.3. The molecular weight excluding hydrogens is 464 g/mol. The van der Waals surface area contributed by atoms with Crippen molar-refractivity contribution in [1.82, 2.24) is 4.98 Å². The first-order chi connectivity index (χ1) is 17.3. The van der Waals surface area contributed by atoms with Crippen molar-refractivity contribution in [3.05, 3.63) is 87.6 Å². The van der Waals surface area contributed by atoms with Gasteiger partial charge in [0.15, 0.2) is 0 Å². The van der Waals surface area contributed by atoms with Crippen LogP contribution in [0.5, 0.6) is 0 Å². The highest BCUT2D eigenvalue weighted by Gasteiger charge is 2.35. The van der Waals surface area contributed by atoms with Crippen LogP contribution in [0.2, 0.25) is 0 Å². The maximum Gasteiger partial charge on any atom is 0.334 e. The molecule has 0 unspecified atom stereocenters. The van der Waals surface area contributed by atoms with Crippen molar-refractivity contribution in [2.75, 3.05) is 13.2 Å². The zero-order valence-electron chi connectivity index (χ0n) is 20.3. The van der Waals surface area contributed by atoms with Crippen LogP contribution in [-0.2, 0) is 19.1 Å². The second-order valence-corrected chi connectivity index (χ2v) is 8.60. The van der Waals surface area contributed by atoms with E-state index in [1.165, 1.54) is 24.3 Å². The number of carbonyl (C=O) groups excluding carboxylic acids is 2. The number of halogens is 2. The summed E-state index contributed by atoms with van der Waals surface area (Å²) in [6.07, 6.45) is 0. The predicted molar refractivity (Wildman–Crippen MR) is 132 cm³/mol. The number of ether oxygens (including phenoxy) is 2. The van der Waals surface area contributed by atoms with E-state index < -0.39 is 23.6 Å². The Hall–Kier alpha value is -4.13. The van der Waals surface area contributed by atoms with Gasteiger partial charge in [-0.3, -0.25) is 0 Å². The molecular formula is C29H23F2NO4. The molecule has 7 heteroatoms. The minimum Gasteiger partial charge on any atom is -0.463 e. The molecule has 0 atom stereocenters. The average molecular weight is 488 g/mol. The molecule has 0 amide bonds. The zero-order valence-corrected chi connectivity index (χ0v) is 20.3. The summed E-state index contributed by atoms with van der Waals surface area (Å²) < 4.78 is 39.1. The van der Waals surface area contributed by atoms with E-state index in [4.69, 9.17) is 14.5 Å². The maximum absolute atomic E-state index is 14.3. The lowest BCUT2D eigenvalue weighted by Gasteiger charge is -2.11. The first-order valence-corrected chi connectivity index (χ1v) is 11.7. The molecule has 36 heavy (non-hydrogen) atoms. The first-order valence-electron chi connectivity index (χ1n) is 11.7. The molecule has 0 aliphatic heterocycles. The monoisotopic (exact) mass is 487 g/mol. The largest absolute Gasteiger partial charge is 0.463 e. The highest BCUT2D eigenvalue weighted by Crippen LogP contribution is 2.52. The van der Waals surface area contributed by atoms with Crippen LogP contribution in [0, 0.1) is 11.6 Å². The van der Waals surface area contributed by atoms with Crippen LogP contribution in [0.15, 0.2) is 53.6 Å². The molecule has 0 N–H and O–H groups in total.